The molecular formula is C19H24N2O4S. The Balaban J connectivity index is 1.50. The number of nitrogens with zero attached hydrogens (tertiary/aromatic N) is 1. The molecule has 6 nitrogen and oxygen atoms in total. The molecule has 1 N–H and O–H groups in total. The molecule has 0 atom stereocenters. The van der Waals surface area contributed by atoms with E-state index >= 15 is 0 Å². The van der Waals surface area contributed by atoms with Crippen LogP contribution in [0.2, 0.25) is 0 Å². The van der Waals surface area contributed by atoms with Crippen molar-refractivity contribution >= 4 is 17.2 Å². The third-order valence-electron chi connectivity index (χ3n) is 4.17. The van der Waals surface area contributed by atoms with Crippen molar-refractivity contribution in [1.82, 2.24) is 10.3 Å². The van der Waals surface area contributed by atoms with Crippen LogP contribution in [0.4, 0.5) is 0 Å². The van der Waals surface area contributed by atoms with Crippen LogP contribution in [0.25, 0.3) is 10.6 Å². The number of methoxy groups -OCH3 is 2. The molecule has 1 fully saturated rings. The third kappa shape index (κ3) is 4.95. The summed E-state index contributed by atoms with van der Waals surface area (Å²) in [6, 6.07) is 5.59. The highest BCUT2D eigenvalue weighted by molar-refractivity contribution is 7.13. The number of ether oxygens (including phenoxy) is 3. The lowest BCUT2D eigenvalue weighted by Crippen LogP contribution is -2.25. The third-order valence-corrected chi connectivity index (χ3v) is 5.06. The van der Waals surface area contributed by atoms with Crippen LogP contribution in [0.15, 0.2) is 23.6 Å². The predicted octanol–water partition coefficient (Wildman–Crippen LogP) is 3.37. The summed E-state index contributed by atoms with van der Waals surface area (Å²) in [5.74, 6) is 1.91. The predicted molar refractivity (Wildman–Crippen MR) is 101 cm³/mol. The summed E-state index contributed by atoms with van der Waals surface area (Å²) >= 11 is 1.43. The Morgan fingerprint density at radius 2 is 2.08 bits per heavy atom. The van der Waals surface area contributed by atoms with Crippen LogP contribution >= 0.6 is 11.3 Å². The van der Waals surface area contributed by atoms with Gasteiger partial charge in [0.05, 0.1) is 14.2 Å². The first kappa shape index (κ1) is 18.7. The van der Waals surface area contributed by atoms with Gasteiger partial charge in [0.15, 0.2) is 11.5 Å². The molecule has 0 bridgehead atoms. The first-order valence-corrected chi connectivity index (χ1v) is 9.63. The summed E-state index contributed by atoms with van der Waals surface area (Å²) in [4.78, 5) is 16.6. The van der Waals surface area contributed by atoms with Gasteiger partial charge in [0.25, 0.3) is 5.91 Å². The fourth-order valence-corrected chi connectivity index (χ4v) is 3.28. The molecule has 140 valence electrons. The average Bonchev–Trinajstić information content (AvgIpc) is 3.36. The van der Waals surface area contributed by atoms with Crippen LogP contribution in [-0.4, -0.2) is 44.9 Å². The maximum atomic E-state index is 12.2. The molecule has 0 spiro atoms. The maximum Gasteiger partial charge on any atom is 0.270 e. The molecule has 0 radical (unpaired) electrons. The van der Waals surface area contributed by atoms with Crippen molar-refractivity contribution in [3.63, 3.8) is 0 Å². The lowest BCUT2D eigenvalue weighted by atomic mass is 10.2. The van der Waals surface area contributed by atoms with Gasteiger partial charge in [-0.2, -0.15) is 0 Å². The molecule has 26 heavy (non-hydrogen) atoms. The van der Waals surface area contributed by atoms with Crippen LogP contribution in [0.3, 0.4) is 0 Å². The Bertz CT molecular complexity index is 743. The van der Waals surface area contributed by atoms with Crippen molar-refractivity contribution in [1.29, 1.82) is 0 Å². The summed E-state index contributed by atoms with van der Waals surface area (Å²) in [5.41, 5.74) is 1.32. The fourth-order valence-electron chi connectivity index (χ4n) is 2.48. The number of hydrogen-bond donors (Lipinski definition) is 1. The van der Waals surface area contributed by atoms with Gasteiger partial charge in [0, 0.05) is 30.7 Å². The maximum absolute atomic E-state index is 12.2. The molecule has 3 rings (SSSR count). The molecule has 1 saturated carbocycles. The minimum absolute atomic E-state index is 0.157. The van der Waals surface area contributed by atoms with E-state index in [1.807, 2.05) is 18.2 Å². The first-order chi connectivity index (χ1) is 12.7. The normalized spacial score (nSPS) is 13.5. The Hall–Kier alpha value is -2.12. The van der Waals surface area contributed by atoms with Crippen LogP contribution < -0.4 is 14.8 Å². The number of carbonyl (C=O) groups excluding carboxylic acids is 1. The van der Waals surface area contributed by atoms with Crippen molar-refractivity contribution in [2.75, 3.05) is 34.0 Å². The molecule has 7 heteroatoms. The second-order valence-corrected chi connectivity index (χ2v) is 7.09. The zero-order valence-corrected chi connectivity index (χ0v) is 15.9. The van der Waals surface area contributed by atoms with Crippen LogP contribution in [0.5, 0.6) is 11.5 Å². The molecular weight excluding hydrogens is 352 g/mol. The van der Waals surface area contributed by atoms with Gasteiger partial charge in [-0.3, -0.25) is 4.79 Å². The average molecular weight is 376 g/mol. The Kier molecular flexibility index (Phi) is 6.46. The second-order valence-electron chi connectivity index (χ2n) is 6.24. The van der Waals surface area contributed by atoms with Gasteiger partial charge in [0.2, 0.25) is 0 Å². The summed E-state index contributed by atoms with van der Waals surface area (Å²) in [6.45, 7) is 2.13. The quantitative estimate of drug-likeness (QED) is 0.644. The van der Waals surface area contributed by atoms with E-state index in [-0.39, 0.29) is 5.91 Å². The SMILES string of the molecule is COc1ccc(-c2nc(C(=O)NCCCOCC3CC3)cs2)cc1OC. The monoisotopic (exact) mass is 376 g/mol. The van der Waals surface area contributed by atoms with Crippen LogP contribution in [0.1, 0.15) is 29.8 Å². The number of aromatic nitrogens is 1. The molecule has 1 aromatic carbocycles. The van der Waals surface area contributed by atoms with E-state index in [0.717, 1.165) is 29.5 Å². The highest BCUT2D eigenvalue weighted by Crippen LogP contribution is 2.33. The number of hydrogen-bond acceptors (Lipinski definition) is 6. The van der Waals surface area contributed by atoms with Gasteiger partial charge in [-0.1, -0.05) is 0 Å². The van der Waals surface area contributed by atoms with Crippen molar-refractivity contribution < 1.29 is 19.0 Å². The lowest BCUT2D eigenvalue weighted by molar-refractivity contribution is 0.0933. The molecule has 0 saturated heterocycles. The zero-order chi connectivity index (χ0) is 18.4. The molecule has 2 aromatic rings. The number of benzene rings is 1. The van der Waals surface area contributed by atoms with Gasteiger partial charge >= 0.3 is 0 Å². The highest BCUT2D eigenvalue weighted by atomic mass is 32.1. The highest BCUT2D eigenvalue weighted by Gasteiger charge is 2.20. The lowest BCUT2D eigenvalue weighted by Gasteiger charge is -2.08. The molecule has 1 heterocycles. The summed E-state index contributed by atoms with van der Waals surface area (Å²) in [7, 11) is 3.19. The van der Waals surface area contributed by atoms with Crippen molar-refractivity contribution in [3.05, 3.63) is 29.3 Å². The number of carbonyl (C=O) groups is 1. The number of rotatable bonds is 10. The van der Waals surface area contributed by atoms with Crippen LogP contribution in [-0.2, 0) is 4.74 Å². The van der Waals surface area contributed by atoms with E-state index in [1.54, 1.807) is 19.6 Å². The largest absolute Gasteiger partial charge is 0.493 e. The Labute approximate surface area is 157 Å². The second kappa shape index (κ2) is 9.00. The van der Waals surface area contributed by atoms with Gasteiger partial charge < -0.3 is 19.5 Å². The standard InChI is InChI=1S/C19H24N2O4S/c1-23-16-7-6-14(10-17(16)24-2)19-21-15(12-26-19)18(22)20-8-3-9-25-11-13-4-5-13/h6-7,10,12-13H,3-5,8-9,11H2,1-2H3,(H,20,22). The van der Waals surface area contributed by atoms with Gasteiger partial charge in [-0.15, -0.1) is 11.3 Å². The van der Waals surface area contributed by atoms with E-state index in [1.165, 1.54) is 24.2 Å². The van der Waals surface area contributed by atoms with E-state index in [2.05, 4.69) is 10.3 Å². The topological polar surface area (TPSA) is 69.7 Å². The van der Waals surface area contributed by atoms with Gasteiger partial charge in [-0.05, 0) is 43.4 Å². The number of nitrogens with one attached hydrogen (secondary N) is 1. The van der Waals surface area contributed by atoms with Crippen molar-refractivity contribution in [2.45, 2.75) is 19.3 Å². The smallest absolute Gasteiger partial charge is 0.270 e. The van der Waals surface area contributed by atoms with Crippen molar-refractivity contribution in [2.24, 2.45) is 5.92 Å². The van der Waals surface area contributed by atoms with Gasteiger partial charge in [0.1, 0.15) is 10.7 Å². The van der Waals surface area contributed by atoms with Crippen LogP contribution in [0, 0.1) is 5.92 Å². The summed E-state index contributed by atoms with van der Waals surface area (Å²) < 4.78 is 16.1. The number of thiazole rings is 1. The fraction of sp³-hybridized carbons (Fsp3) is 0.474. The van der Waals surface area contributed by atoms with E-state index in [4.69, 9.17) is 14.2 Å². The molecule has 1 aliphatic carbocycles. The van der Waals surface area contributed by atoms with E-state index in [9.17, 15) is 4.79 Å². The first-order valence-electron chi connectivity index (χ1n) is 8.75. The van der Waals surface area contributed by atoms with Crippen molar-refractivity contribution in [3.8, 4) is 22.1 Å². The zero-order valence-electron chi connectivity index (χ0n) is 15.1. The minimum Gasteiger partial charge on any atom is -0.493 e. The summed E-state index contributed by atoms with van der Waals surface area (Å²) in [5, 5.41) is 5.43. The molecule has 0 aliphatic heterocycles. The molecule has 1 aromatic heterocycles. The summed E-state index contributed by atoms with van der Waals surface area (Å²) in [6.07, 6.45) is 3.40. The molecule has 1 amide bonds. The van der Waals surface area contributed by atoms with E-state index < -0.39 is 0 Å². The molecule has 0 unspecified atom stereocenters. The molecule has 1 aliphatic rings. The Morgan fingerprint density at radius 3 is 2.81 bits per heavy atom. The minimum atomic E-state index is -0.157. The Morgan fingerprint density at radius 1 is 1.27 bits per heavy atom. The number of amides is 1. The van der Waals surface area contributed by atoms with Gasteiger partial charge in [-0.25, -0.2) is 4.98 Å². The van der Waals surface area contributed by atoms with E-state index in [0.29, 0.717) is 30.3 Å².